The lowest BCUT2D eigenvalue weighted by Gasteiger charge is -2.51. The van der Waals surface area contributed by atoms with Crippen LogP contribution >= 0.6 is 21.6 Å². The summed E-state index contributed by atoms with van der Waals surface area (Å²) < 4.78 is 22.1. The van der Waals surface area contributed by atoms with Gasteiger partial charge in [0.25, 0.3) is 0 Å². The minimum Gasteiger partial charge on any atom is -0.462 e. The summed E-state index contributed by atoms with van der Waals surface area (Å²) in [6, 6.07) is 0. The minimum absolute atomic E-state index is 0.151. The first-order chi connectivity index (χ1) is 19.9. The van der Waals surface area contributed by atoms with Gasteiger partial charge >= 0.3 is 23.8 Å². The number of nitrogens with zero attached hydrogens (tertiary/aromatic N) is 2. The van der Waals surface area contributed by atoms with Gasteiger partial charge in [-0.1, -0.05) is 63.1 Å². The second kappa shape index (κ2) is 13.6. The summed E-state index contributed by atoms with van der Waals surface area (Å²) in [6.45, 7) is 24.1. The molecule has 44 heavy (non-hydrogen) atoms. The quantitative estimate of drug-likeness (QED) is 0.112. The average Bonchev–Trinajstić information content (AvgIpc) is 2.86. The molecule has 0 aromatic carbocycles. The first-order valence-corrected chi connectivity index (χ1v) is 22.5. The van der Waals surface area contributed by atoms with E-state index in [2.05, 4.69) is 51.0 Å². The number of hydrogen-bond donors (Lipinski definition) is 0. The normalized spacial score (nSPS) is 24.2. The third-order valence-electron chi connectivity index (χ3n) is 9.16. The van der Waals surface area contributed by atoms with E-state index in [9.17, 15) is 28.8 Å². The van der Waals surface area contributed by atoms with Gasteiger partial charge in [-0.3, -0.25) is 29.0 Å². The molecule has 16 heteroatoms. The number of likely N-dealkylation sites (tertiary alicyclic amines) is 2. The number of hydrogen-bond acceptors (Lipinski definition) is 12. The number of imide groups is 2. The second-order valence-corrected chi connectivity index (χ2v) is 26.2. The van der Waals surface area contributed by atoms with Crippen LogP contribution in [0.4, 0.5) is 0 Å². The molecular formula is C28H48N2O10S2Si2. The van der Waals surface area contributed by atoms with E-state index >= 15 is 0 Å². The minimum atomic E-state index is -2.33. The Morgan fingerprint density at radius 1 is 0.659 bits per heavy atom. The molecule has 6 atom stereocenters. The van der Waals surface area contributed by atoms with Crippen molar-refractivity contribution in [2.24, 2.45) is 11.8 Å². The summed E-state index contributed by atoms with van der Waals surface area (Å²) in [6.07, 6.45) is -1.20. The van der Waals surface area contributed by atoms with Crippen LogP contribution in [-0.2, 0) is 47.1 Å². The number of ether oxygens (including phenoxy) is 2. The summed E-state index contributed by atoms with van der Waals surface area (Å²) in [5.41, 5.74) is 0. The van der Waals surface area contributed by atoms with Gasteiger partial charge in [0.05, 0.1) is 38.3 Å². The topological polar surface area (TPSA) is 146 Å². The van der Waals surface area contributed by atoms with E-state index in [4.69, 9.17) is 8.85 Å². The smallest absolute Gasteiger partial charge is 0.397 e. The van der Waals surface area contributed by atoms with E-state index < -0.39 is 87.0 Å². The Morgan fingerprint density at radius 3 is 1.16 bits per heavy atom. The van der Waals surface area contributed by atoms with Crippen molar-refractivity contribution in [1.29, 1.82) is 0 Å². The standard InChI is InChI=1S/C28H48N2O10S2Si2/c1-15(39-43(11,12)27(3,4)5)17-19(31)29(21(33)25(35)37-9)23(17)41-42-24-18(16(2)40-44(13,14)28(6,7)8)20(32)30(24)22(34)26(36)38-10/h15-18,23-24H,1-14H3. The predicted octanol–water partition coefficient (Wildman–Crippen LogP) is 4.16. The number of esters is 2. The van der Waals surface area contributed by atoms with Gasteiger partial charge in [-0.25, -0.2) is 9.59 Å². The Labute approximate surface area is 270 Å². The van der Waals surface area contributed by atoms with Crippen molar-refractivity contribution in [3.63, 3.8) is 0 Å². The maximum atomic E-state index is 13.3. The Hall–Kier alpha value is -1.73. The van der Waals surface area contributed by atoms with Crippen molar-refractivity contribution in [3.05, 3.63) is 0 Å². The molecule has 2 aliphatic rings. The van der Waals surface area contributed by atoms with Crippen molar-refractivity contribution in [2.75, 3.05) is 14.2 Å². The third-order valence-corrected chi connectivity index (χ3v) is 21.3. The van der Waals surface area contributed by atoms with Gasteiger partial charge in [0.15, 0.2) is 16.6 Å². The maximum absolute atomic E-state index is 13.3. The monoisotopic (exact) mass is 692 g/mol. The van der Waals surface area contributed by atoms with Crippen LogP contribution in [0.15, 0.2) is 0 Å². The first kappa shape index (κ1) is 38.5. The first-order valence-electron chi connectivity index (χ1n) is 14.4. The average molecular weight is 693 g/mol. The molecule has 12 nitrogen and oxygen atoms in total. The molecule has 0 N–H and O–H groups in total. The zero-order chi connectivity index (χ0) is 34.3. The molecule has 0 spiro atoms. The van der Waals surface area contributed by atoms with Crippen LogP contribution in [0.2, 0.25) is 36.3 Å². The van der Waals surface area contributed by atoms with E-state index in [0.717, 1.165) is 45.6 Å². The molecule has 2 fully saturated rings. The van der Waals surface area contributed by atoms with Gasteiger partial charge in [0.2, 0.25) is 11.8 Å². The fourth-order valence-electron chi connectivity index (χ4n) is 4.39. The molecule has 0 saturated carbocycles. The summed E-state index contributed by atoms with van der Waals surface area (Å²) in [5.74, 6) is -7.38. The molecule has 250 valence electrons. The molecule has 0 aromatic rings. The molecule has 0 radical (unpaired) electrons. The van der Waals surface area contributed by atoms with Crippen molar-refractivity contribution in [2.45, 2.75) is 115 Å². The predicted molar refractivity (Wildman–Crippen MR) is 173 cm³/mol. The van der Waals surface area contributed by atoms with E-state index in [1.165, 1.54) is 0 Å². The lowest BCUT2D eigenvalue weighted by atomic mass is 9.92. The summed E-state index contributed by atoms with van der Waals surface area (Å²) in [5, 5.41) is -2.05. The lowest BCUT2D eigenvalue weighted by molar-refractivity contribution is -0.174. The summed E-state index contributed by atoms with van der Waals surface area (Å²) in [4.78, 5) is 78.4. The number of β-lactam (4-membered cyclic amide) rings is 2. The third kappa shape index (κ3) is 7.46. The number of carbonyl (C=O) groups excluding carboxylic acids is 6. The van der Waals surface area contributed by atoms with Crippen LogP contribution in [0.1, 0.15) is 55.4 Å². The molecule has 2 heterocycles. The van der Waals surface area contributed by atoms with Crippen molar-refractivity contribution in [3.8, 4) is 0 Å². The Bertz CT molecular complexity index is 1090. The molecular weight excluding hydrogens is 645 g/mol. The van der Waals surface area contributed by atoms with Gasteiger partial charge in [0.1, 0.15) is 10.7 Å². The van der Waals surface area contributed by atoms with Crippen LogP contribution in [0, 0.1) is 11.8 Å². The Balaban J connectivity index is 2.43. The van der Waals surface area contributed by atoms with Crippen LogP contribution in [0.3, 0.4) is 0 Å². The van der Waals surface area contributed by atoms with Gasteiger partial charge in [-0.05, 0) is 50.1 Å². The highest BCUT2D eigenvalue weighted by Crippen LogP contribution is 2.52. The van der Waals surface area contributed by atoms with Crippen molar-refractivity contribution >= 4 is 73.8 Å². The van der Waals surface area contributed by atoms with E-state index in [0.29, 0.717) is 0 Å². The number of amides is 4. The highest BCUT2D eigenvalue weighted by Gasteiger charge is 2.60. The number of rotatable bonds is 9. The molecule has 6 unspecified atom stereocenters. The van der Waals surface area contributed by atoms with E-state index in [-0.39, 0.29) is 10.1 Å². The van der Waals surface area contributed by atoms with Crippen LogP contribution in [0.25, 0.3) is 0 Å². The molecule has 0 aromatic heterocycles. The highest BCUT2D eigenvalue weighted by molar-refractivity contribution is 8.77. The number of carbonyl (C=O) groups is 6. The number of methoxy groups -OCH3 is 2. The highest BCUT2D eigenvalue weighted by atomic mass is 33.1. The van der Waals surface area contributed by atoms with Gasteiger partial charge in [-0.15, -0.1) is 0 Å². The van der Waals surface area contributed by atoms with E-state index in [1.54, 1.807) is 13.8 Å². The van der Waals surface area contributed by atoms with Crippen LogP contribution in [-0.4, -0.2) is 99.2 Å². The second-order valence-electron chi connectivity index (χ2n) is 14.2. The molecule has 4 amide bonds. The molecule has 0 aliphatic carbocycles. The maximum Gasteiger partial charge on any atom is 0.397 e. The molecule has 2 rings (SSSR count). The SMILES string of the molecule is COC(=O)C(=O)N1C(=O)C(C(C)O[Si](C)(C)C(C)(C)C)C1SSC1C(C(C)O[Si](C)(C)C(C)(C)C)C(=O)N1C(=O)C(=O)OC. The van der Waals surface area contributed by atoms with Crippen LogP contribution in [0.5, 0.6) is 0 Å². The Morgan fingerprint density at radius 2 is 0.932 bits per heavy atom. The van der Waals surface area contributed by atoms with Gasteiger partial charge < -0.3 is 18.3 Å². The van der Waals surface area contributed by atoms with E-state index in [1.807, 2.05) is 26.2 Å². The fourth-order valence-corrected chi connectivity index (χ4v) is 10.9. The molecule has 2 aliphatic heterocycles. The van der Waals surface area contributed by atoms with Crippen LogP contribution < -0.4 is 0 Å². The fraction of sp³-hybridized carbons (Fsp3) is 0.786. The zero-order valence-electron chi connectivity index (χ0n) is 28.3. The largest absolute Gasteiger partial charge is 0.462 e. The Kier molecular flexibility index (Phi) is 11.8. The van der Waals surface area contributed by atoms with Gasteiger partial charge in [-0.2, -0.15) is 0 Å². The van der Waals surface area contributed by atoms with Gasteiger partial charge in [0, 0.05) is 0 Å². The zero-order valence-corrected chi connectivity index (χ0v) is 31.9. The summed E-state index contributed by atoms with van der Waals surface area (Å²) in [7, 11) is -0.450. The van der Waals surface area contributed by atoms with Crippen molar-refractivity contribution < 1.29 is 47.1 Å². The van der Waals surface area contributed by atoms with Crippen molar-refractivity contribution in [1.82, 2.24) is 9.80 Å². The lowest BCUT2D eigenvalue weighted by Crippen LogP contribution is -2.68. The molecule has 2 saturated heterocycles. The molecule has 0 bridgehead atoms. The summed E-state index contributed by atoms with van der Waals surface area (Å²) >= 11 is 0.